The summed E-state index contributed by atoms with van der Waals surface area (Å²) >= 11 is 3.18. The van der Waals surface area contributed by atoms with E-state index in [1.807, 2.05) is 64.2 Å². The van der Waals surface area contributed by atoms with E-state index in [-0.39, 0.29) is 11.9 Å². The van der Waals surface area contributed by atoms with Gasteiger partial charge in [-0.15, -0.1) is 0 Å². The van der Waals surface area contributed by atoms with Crippen LogP contribution in [0.15, 0.2) is 65.7 Å². The third-order valence-electron chi connectivity index (χ3n) is 6.91. The van der Waals surface area contributed by atoms with Gasteiger partial charge < -0.3 is 20.7 Å². The molecule has 5 rings (SSSR count). The van der Waals surface area contributed by atoms with Gasteiger partial charge in [0.2, 0.25) is 5.91 Å². The maximum Gasteiger partial charge on any atom is 0.254 e. The molecule has 9 heteroatoms. The topological polar surface area (TPSA) is 102 Å². The Morgan fingerprint density at radius 3 is 2.39 bits per heavy atom. The van der Waals surface area contributed by atoms with E-state index in [2.05, 4.69) is 21.2 Å². The van der Waals surface area contributed by atoms with Crippen molar-refractivity contribution in [3.05, 3.63) is 71.2 Å². The van der Waals surface area contributed by atoms with Gasteiger partial charge in [-0.25, -0.2) is 4.68 Å². The molecule has 1 aromatic heterocycles. The number of hydrogen-bond acceptors (Lipinski definition) is 5. The molecule has 1 saturated heterocycles. The number of carbonyl (C=O) groups excluding carboxylic acids is 2. The first-order chi connectivity index (χ1) is 17.5. The molecule has 3 aromatic rings. The number of nitrogens with two attached hydrogens (primary N) is 1. The summed E-state index contributed by atoms with van der Waals surface area (Å²) in [7, 11) is 0. The zero-order valence-electron chi connectivity index (χ0n) is 19.8. The maximum absolute atomic E-state index is 12.5. The van der Waals surface area contributed by atoms with Crippen molar-refractivity contribution in [3.63, 3.8) is 0 Å². The zero-order chi connectivity index (χ0) is 25.1. The predicted molar refractivity (Wildman–Crippen MR) is 142 cm³/mol. The number of piperidine rings is 1. The molecule has 0 saturated carbocycles. The quantitative estimate of drug-likeness (QED) is 0.423. The Morgan fingerprint density at radius 1 is 1.03 bits per heavy atom. The van der Waals surface area contributed by atoms with Gasteiger partial charge in [0.1, 0.15) is 28.6 Å². The van der Waals surface area contributed by atoms with Crippen LogP contribution in [0.25, 0.3) is 11.3 Å². The molecule has 3 heterocycles. The Labute approximate surface area is 218 Å². The van der Waals surface area contributed by atoms with Gasteiger partial charge in [-0.2, -0.15) is 5.10 Å². The summed E-state index contributed by atoms with van der Waals surface area (Å²) in [4.78, 5) is 28.2. The number of fused-ring (bicyclic) bond motifs is 1. The lowest BCUT2D eigenvalue weighted by atomic mass is 9.87. The largest absolute Gasteiger partial charge is 0.457 e. The van der Waals surface area contributed by atoms with Crippen LogP contribution in [0.2, 0.25) is 0 Å². The number of amides is 2. The van der Waals surface area contributed by atoms with E-state index in [4.69, 9.17) is 15.6 Å². The number of benzene rings is 2. The van der Waals surface area contributed by atoms with Crippen molar-refractivity contribution in [2.45, 2.75) is 25.3 Å². The fraction of sp³-hybridized carbons (Fsp3) is 0.296. The maximum atomic E-state index is 12.5. The number of ether oxygens (including phenoxy) is 1. The Kier molecular flexibility index (Phi) is 7.09. The molecular weight excluding hydrogens is 522 g/mol. The third kappa shape index (κ3) is 4.88. The molecule has 2 aliphatic heterocycles. The highest BCUT2D eigenvalue weighted by molar-refractivity contribution is 9.11. The van der Waals surface area contributed by atoms with Gasteiger partial charge in [0, 0.05) is 31.3 Å². The Morgan fingerprint density at radius 2 is 1.72 bits per heavy atom. The number of likely N-dealkylation sites (tertiary alicyclic amines) is 1. The first kappa shape index (κ1) is 24.1. The van der Waals surface area contributed by atoms with Gasteiger partial charge in [-0.1, -0.05) is 34.1 Å². The summed E-state index contributed by atoms with van der Waals surface area (Å²) in [5.41, 5.74) is 7.62. The minimum absolute atomic E-state index is 0.0217. The molecule has 8 nitrogen and oxygen atoms in total. The molecule has 2 amide bonds. The molecule has 36 heavy (non-hydrogen) atoms. The van der Waals surface area contributed by atoms with Crippen molar-refractivity contribution < 1.29 is 14.3 Å². The van der Waals surface area contributed by atoms with Crippen LogP contribution in [-0.4, -0.2) is 46.1 Å². The number of primary amides is 1. The van der Waals surface area contributed by atoms with Gasteiger partial charge in [0.05, 0.1) is 6.04 Å². The SMILES string of the molecule is NC(=O)c1c(-c2ccc(Oc3ccccc3)cc2)nn2c1NCCC2C1CCN(C(=O)C=CBr)CC1. The minimum Gasteiger partial charge on any atom is -0.457 e. The standard InChI is InChI=1S/C27H28BrN5O3/c28-14-10-23(34)32-16-12-18(13-17-32)22-11-15-30-27-24(26(29)35)25(31-33(22)27)19-6-8-21(9-7-19)36-20-4-2-1-3-5-20/h1-10,14,18,22,30H,11-13,15-17H2,(H2,29,35). The third-order valence-corrected chi connectivity index (χ3v) is 7.18. The summed E-state index contributed by atoms with van der Waals surface area (Å²) in [5.74, 6) is 2.00. The second kappa shape index (κ2) is 10.6. The van der Waals surface area contributed by atoms with Crippen LogP contribution in [-0.2, 0) is 4.79 Å². The Bertz CT molecular complexity index is 1260. The summed E-state index contributed by atoms with van der Waals surface area (Å²) in [6.45, 7) is 2.16. The van der Waals surface area contributed by atoms with Crippen LogP contribution in [0.5, 0.6) is 11.5 Å². The van der Waals surface area contributed by atoms with Crippen LogP contribution >= 0.6 is 15.9 Å². The highest BCUT2D eigenvalue weighted by atomic mass is 79.9. The van der Waals surface area contributed by atoms with Gasteiger partial charge in [-0.3, -0.25) is 9.59 Å². The van der Waals surface area contributed by atoms with Crippen LogP contribution in [0.1, 0.15) is 35.7 Å². The van der Waals surface area contributed by atoms with E-state index in [0.717, 1.165) is 37.1 Å². The van der Waals surface area contributed by atoms with Crippen molar-refractivity contribution >= 4 is 33.6 Å². The number of hydrogen-bond donors (Lipinski definition) is 2. The molecule has 1 atom stereocenters. The summed E-state index contributed by atoms with van der Waals surface area (Å²) in [5, 5.41) is 8.27. The Hall–Kier alpha value is -3.59. The van der Waals surface area contributed by atoms with E-state index in [0.29, 0.717) is 41.8 Å². The van der Waals surface area contributed by atoms with Gasteiger partial charge >= 0.3 is 0 Å². The number of rotatable bonds is 6. The Balaban J connectivity index is 1.39. The number of para-hydroxylation sites is 1. The molecule has 0 bridgehead atoms. The number of nitrogens with zero attached hydrogens (tertiary/aromatic N) is 3. The molecule has 3 N–H and O–H groups in total. The molecule has 2 aliphatic rings. The molecular formula is C27H28BrN5O3. The first-order valence-corrected chi connectivity index (χ1v) is 13.0. The van der Waals surface area contributed by atoms with Gasteiger partial charge in [0.15, 0.2) is 0 Å². The van der Waals surface area contributed by atoms with E-state index >= 15 is 0 Å². The van der Waals surface area contributed by atoms with Crippen molar-refractivity contribution in [3.8, 4) is 22.8 Å². The second-order valence-corrected chi connectivity index (χ2v) is 9.59. The predicted octanol–water partition coefficient (Wildman–Crippen LogP) is 4.95. The number of aromatic nitrogens is 2. The molecule has 1 fully saturated rings. The fourth-order valence-electron chi connectivity index (χ4n) is 5.14. The summed E-state index contributed by atoms with van der Waals surface area (Å²) in [6, 6.07) is 17.2. The molecule has 1 unspecified atom stereocenters. The van der Waals surface area contributed by atoms with Crippen molar-refractivity contribution in [1.29, 1.82) is 0 Å². The summed E-state index contributed by atoms with van der Waals surface area (Å²) in [6.07, 6.45) is 4.21. The lowest BCUT2D eigenvalue weighted by Crippen LogP contribution is -2.41. The molecule has 0 spiro atoms. The lowest BCUT2D eigenvalue weighted by Gasteiger charge is -2.38. The number of nitrogens with one attached hydrogen (secondary N) is 1. The smallest absolute Gasteiger partial charge is 0.254 e. The molecule has 2 aromatic carbocycles. The lowest BCUT2D eigenvalue weighted by molar-refractivity contribution is -0.127. The number of carbonyl (C=O) groups is 2. The molecule has 186 valence electrons. The van der Waals surface area contributed by atoms with Crippen LogP contribution < -0.4 is 15.8 Å². The monoisotopic (exact) mass is 549 g/mol. The highest BCUT2D eigenvalue weighted by Gasteiger charge is 2.35. The number of halogens is 1. The minimum atomic E-state index is -0.508. The molecule has 0 aliphatic carbocycles. The van der Waals surface area contributed by atoms with Crippen LogP contribution in [0.3, 0.4) is 0 Å². The average molecular weight is 550 g/mol. The van der Waals surface area contributed by atoms with Crippen LogP contribution in [0, 0.1) is 5.92 Å². The van der Waals surface area contributed by atoms with E-state index in [1.54, 1.807) is 4.99 Å². The second-order valence-electron chi connectivity index (χ2n) is 9.06. The van der Waals surface area contributed by atoms with E-state index in [1.165, 1.54) is 6.08 Å². The zero-order valence-corrected chi connectivity index (χ0v) is 21.4. The van der Waals surface area contributed by atoms with Crippen molar-refractivity contribution in [2.75, 3.05) is 25.0 Å². The molecule has 0 radical (unpaired) electrons. The average Bonchev–Trinajstić information content (AvgIpc) is 3.30. The van der Waals surface area contributed by atoms with Crippen molar-refractivity contribution in [1.82, 2.24) is 14.7 Å². The van der Waals surface area contributed by atoms with Gasteiger partial charge in [-0.05, 0) is 66.6 Å². The van der Waals surface area contributed by atoms with E-state index < -0.39 is 5.91 Å². The first-order valence-electron chi connectivity index (χ1n) is 12.1. The van der Waals surface area contributed by atoms with E-state index in [9.17, 15) is 9.59 Å². The van der Waals surface area contributed by atoms with Crippen LogP contribution in [0.4, 0.5) is 5.82 Å². The van der Waals surface area contributed by atoms with Crippen molar-refractivity contribution in [2.24, 2.45) is 11.7 Å². The normalized spacial score (nSPS) is 18.0. The summed E-state index contributed by atoms with van der Waals surface area (Å²) < 4.78 is 7.85. The fourth-order valence-corrected chi connectivity index (χ4v) is 5.37. The highest BCUT2D eigenvalue weighted by Crippen LogP contribution is 2.40. The van der Waals surface area contributed by atoms with Gasteiger partial charge in [0.25, 0.3) is 5.91 Å². The number of anilines is 1.